The molecule has 5 atom stereocenters. The number of ether oxygens (including phenoxy) is 5. The van der Waals surface area contributed by atoms with Gasteiger partial charge in [0.2, 0.25) is 29.5 Å². The molecule has 0 saturated carbocycles. The quantitative estimate of drug-likeness (QED) is 0.0313. The van der Waals surface area contributed by atoms with E-state index in [4.69, 9.17) is 28.8 Å². The highest BCUT2D eigenvalue weighted by Crippen LogP contribution is 2.27. The Morgan fingerprint density at radius 3 is 1.14 bits per heavy atom. The van der Waals surface area contributed by atoms with E-state index in [0.29, 0.717) is 98.0 Å². The maximum Gasteiger partial charge on any atom is 0.311 e. The van der Waals surface area contributed by atoms with Crippen LogP contribution in [0.25, 0.3) is 0 Å². The highest BCUT2D eigenvalue weighted by Gasteiger charge is 2.41. The second-order valence-corrected chi connectivity index (χ2v) is 24.5. The average molecular weight is 1200 g/mol. The summed E-state index contributed by atoms with van der Waals surface area (Å²) in [6, 6.07) is 0.168. The Bertz CT molecular complexity index is 2020. The Morgan fingerprint density at radius 1 is 0.488 bits per heavy atom. The van der Waals surface area contributed by atoms with Crippen LogP contribution in [-0.2, 0) is 71.6 Å². The first-order valence-electron chi connectivity index (χ1n) is 30.7. The highest BCUT2D eigenvalue weighted by atomic mass is 16.5. The molecule has 22 heteroatoms. The molecule has 0 aliphatic carbocycles. The minimum Gasteiger partial charge on any atom is -0.465 e. The molecule has 0 aromatic carbocycles. The number of unbranched alkanes of at least 4 members (excludes halogenated alkanes) is 5. The number of hydrogen-bond acceptors (Lipinski definition) is 16. The molecule has 0 radical (unpaired) electrons. The Hall–Kier alpha value is -5.38. The van der Waals surface area contributed by atoms with E-state index in [1.165, 1.54) is 4.90 Å². The van der Waals surface area contributed by atoms with E-state index in [1.807, 2.05) is 62.3 Å². The summed E-state index contributed by atoms with van der Waals surface area (Å²) in [6.45, 7) is 26.8. The molecule has 5 aliphatic heterocycles. The van der Waals surface area contributed by atoms with Crippen molar-refractivity contribution in [2.75, 3.05) is 120 Å². The fourth-order valence-electron chi connectivity index (χ4n) is 9.25. The molecule has 5 fully saturated rings. The average Bonchev–Trinajstić information content (AvgIpc) is 4.43. The topological polar surface area (TPSA) is 253 Å². The molecule has 0 bridgehead atoms. The van der Waals surface area contributed by atoms with Crippen molar-refractivity contribution >= 4 is 59.4 Å². The molecule has 22 nitrogen and oxygen atoms in total. The van der Waals surface area contributed by atoms with Gasteiger partial charge in [0.25, 0.3) is 0 Å². The molecular weight excluding hydrogens is 1080 g/mol. The number of aliphatic hydroxyl groups is 1. The van der Waals surface area contributed by atoms with E-state index >= 15 is 0 Å². The number of rotatable bonds is 27. The molecule has 1 N–H and O–H groups in total. The van der Waals surface area contributed by atoms with E-state index in [0.717, 1.165) is 88.2 Å². The van der Waals surface area contributed by atoms with Gasteiger partial charge in [-0.2, -0.15) is 0 Å². The third-order valence-electron chi connectivity index (χ3n) is 14.5. The van der Waals surface area contributed by atoms with E-state index in [9.17, 15) is 47.9 Å². The second kappa shape index (κ2) is 41.6. The summed E-state index contributed by atoms with van der Waals surface area (Å²) in [5.74, 6) is -2.40. The zero-order valence-electron chi connectivity index (χ0n) is 54.4. The molecule has 0 spiro atoms. The first-order valence-corrected chi connectivity index (χ1v) is 30.7. The summed E-state index contributed by atoms with van der Waals surface area (Å²) in [5, 5.41) is 8.73. The van der Waals surface area contributed by atoms with Crippen LogP contribution in [0.5, 0.6) is 0 Å². The molecule has 0 aromatic heterocycles. The maximum absolute atomic E-state index is 11.9. The molecule has 5 unspecified atom stereocenters. The molecule has 5 heterocycles. The van der Waals surface area contributed by atoms with Crippen molar-refractivity contribution in [3.8, 4) is 0 Å². The van der Waals surface area contributed by atoms with Gasteiger partial charge in [0, 0.05) is 103 Å². The molecule has 0 aromatic rings. The molecule has 5 rings (SSSR count). The predicted octanol–water partition coefficient (Wildman–Crippen LogP) is 6.27. The van der Waals surface area contributed by atoms with Crippen LogP contribution in [0.1, 0.15) is 172 Å². The summed E-state index contributed by atoms with van der Waals surface area (Å²) in [4.78, 5) is 124. The summed E-state index contributed by atoms with van der Waals surface area (Å²) in [7, 11) is 8.05. The monoisotopic (exact) mass is 1200 g/mol. The Labute approximate surface area is 504 Å². The number of quaternary nitrogens is 1. The lowest BCUT2D eigenvalue weighted by molar-refractivity contribution is -0.870. The smallest absolute Gasteiger partial charge is 0.311 e. The summed E-state index contributed by atoms with van der Waals surface area (Å²) in [5.41, 5.74) is -0.213. The highest BCUT2D eigenvalue weighted by molar-refractivity contribution is 5.89. The standard InChI is InChI=1S/C15H29N2O3.C13H23NO3.C12H21NO3.C11H19NO4.C10H17NO3.CH3/c1-5-6-8-16-12-13(11-14(16)18)15(19)20-10-7-9-17(2,3)4;1-5-6-7-17-12(16)10-8-11(15)14(9-10)13(2,3)4;1-4-5-6-16-12(15)10-7-11(14)13(8-10)9(2)3;1-2-3-6-16-11(15)9-7-10(14)12(8-9)4-5-13;1-3-4-5-14-10(13)8-6-9(12)11(2)7-8;/h13H,5-12H2,1-4H3;10H,5-9H2,1-4H3;9-10H,4-8H2,1-3H3;9,13H,2-8H2,1H3;8H,3-7H2,1-2H3;1H3/q+1;;;;;-1. The Kier molecular flexibility index (Phi) is 39.0. The summed E-state index contributed by atoms with van der Waals surface area (Å²) >= 11 is 0. The first kappa shape index (κ1) is 78.6. The van der Waals surface area contributed by atoms with Gasteiger partial charge in [-0.15, -0.1) is 0 Å². The predicted molar refractivity (Wildman–Crippen MR) is 320 cm³/mol. The van der Waals surface area contributed by atoms with Gasteiger partial charge in [0.1, 0.15) is 0 Å². The molecule has 5 amide bonds. The van der Waals surface area contributed by atoms with E-state index in [1.54, 1.807) is 26.6 Å². The van der Waals surface area contributed by atoms with E-state index in [2.05, 4.69) is 28.1 Å². The fourth-order valence-corrected chi connectivity index (χ4v) is 9.25. The number of β-amino-alcohol motifs (C(OH)–C–C–N with tert-alkyl or cyclic N) is 1. The number of carbonyl (C=O) groups is 10. The number of hydrogen-bond donors (Lipinski definition) is 1. The van der Waals surface area contributed by atoms with E-state index in [-0.39, 0.29) is 121 Å². The van der Waals surface area contributed by atoms with Crippen LogP contribution in [-0.4, -0.2) is 225 Å². The van der Waals surface area contributed by atoms with Gasteiger partial charge in [-0.1, -0.05) is 66.7 Å². The van der Waals surface area contributed by atoms with Gasteiger partial charge >= 0.3 is 29.8 Å². The molecular formula is C62H112N6O16. The van der Waals surface area contributed by atoms with Crippen LogP contribution in [0.2, 0.25) is 0 Å². The minimum atomic E-state index is -0.351. The largest absolute Gasteiger partial charge is 0.465 e. The van der Waals surface area contributed by atoms with Crippen LogP contribution >= 0.6 is 0 Å². The number of esters is 5. The SMILES string of the molecule is CCCCN1CC(C(=O)OCCC[N+](C)(C)C)CC1=O.CCCCOC(=O)C1CC(=O)N(C(C)(C)C)C1.CCCCOC(=O)C1CC(=O)N(C(C)C)C1.CCCCOC(=O)C1CC(=O)N(C)C1.CCCCOC(=O)C1CC(=O)N(CCO)C1.[CH3-]. The van der Waals surface area contributed by atoms with Gasteiger partial charge in [0.15, 0.2) is 0 Å². The van der Waals surface area contributed by atoms with Gasteiger partial charge in [-0.25, -0.2) is 0 Å². The number of aliphatic hydroxyl groups excluding tert-OH is 1. The number of nitrogens with zero attached hydrogens (tertiary/aromatic N) is 6. The first-order chi connectivity index (χ1) is 39.1. The number of likely N-dealkylation sites (tertiary alicyclic amines) is 5. The van der Waals surface area contributed by atoms with Crippen molar-refractivity contribution in [1.82, 2.24) is 24.5 Å². The lowest BCUT2D eigenvalue weighted by atomic mass is 10.1. The van der Waals surface area contributed by atoms with Gasteiger partial charge in [0.05, 0.1) is 96.9 Å². The third-order valence-corrected chi connectivity index (χ3v) is 14.5. The lowest BCUT2D eigenvalue weighted by Gasteiger charge is -2.31. The van der Waals surface area contributed by atoms with Crippen molar-refractivity contribution in [3.63, 3.8) is 0 Å². The van der Waals surface area contributed by atoms with Crippen molar-refractivity contribution < 1.29 is 81.2 Å². The molecule has 5 aliphatic rings. The number of amides is 5. The van der Waals surface area contributed by atoms with Crippen LogP contribution < -0.4 is 0 Å². The zero-order chi connectivity index (χ0) is 62.9. The fraction of sp³-hybridized carbons (Fsp3) is 0.823. The number of carbonyl (C=O) groups excluding carboxylic acids is 10. The van der Waals surface area contributed by atoms with Crippen LogP contribution in [0.15, 0.2) is 0 Å². The van der Waals surface area contributed by atoms with E-state index < -0.39 is 0 Å². The maximum atomic E-state index is 11.9. The van der Waals surface area contributed by atoms with Crippen LogP contribution in [0.3, 0.4) is 0 Å². The molecule has 5 saturated heterocycles. The third kappa shape index (κ3) is 30.6. The van der Waals surface area contributed by atoms with Gasteiger partial charge in [-0.05, 0) is 66.7 Å². The summed E-state index contributed by atoms with van der Waals surface area (Å²) in [6.07, 6.45) is 11.9. The normalized spacial score (nSPS) is 20.2. The van der Waals surface area contributed by atoms with Crippen molar-refractivity contribution in [2.45, 2.75) is 184 Å². The Balaban J connectivity index is 0.00000103. The van der Waals surface area contributed by atoms with Crippen LogP contribution in [0, 0.1) is 37.0 Å². The Morgan fingerprint density at radius 2 is 0.821 bits per heavy atom. The van der Waals surface area contributed by atoms with Gasteiger partial charge < -0.3 is 65.2 Å². The minimum absolute atomic E-state index is 0. The van der Waals surface area contributed by atoms with Crippen molar-refractivity contribution in [1.29, 1.82) is 0 Å². The van der Waals surface area contributed by atoms with Gasteiger partial charge in [-0.3, -0.25) is 47.9 Å². The van der Waals surface area contributed by atoms with Crippen molar-refractivity contribution in [2.24, 2.45) is 29.6 Å². The summed E-state index contributed by atoms with van der Waals surface area (Å²) < 4.78 is 26.5. The molecule has 486 valence electrons. The van der Waals surface area contributed by atoms with Crippen LogP contribution in [0.4, 0.5) is 0 Å². The van der Waals surface area contributed by atoms with Crippen molar-refractivity contribution in [3.05, 3.63) is 7.43 Å². The lowest BCUT2D eigenvalue weighted by Crippen LogP contribution is -2.42. The zero-order valence-corrected chi connectivity index (χ0v) is 54.4. The second-order valence-electron chi connectivity index (χ2n) is 24.5. The molecule has 84 heavy (non-hydrogen) atoms.